The summed E-state index contributed by atoms with van der Waals surface area (Å²) in [5, 5.41) is 3.18. The van der Waals surface area contributed by atoms with Crippen molar-refractivity contribution in [2.24, 2.45) is 11.8 Å². The normalized spacial score (nSPS) is 23.1. The Kier molecular flexibility index (Phi) is 5.22. The van der Waals surface area contributed by atoms with Gasteiger partial charge < -0.3 is 5.32 Å². The summed E-state index contributed by atoms with van der Waals surface area (Å²) in [5.74, 6) is 1.23. The Labute approximate surface area is 117 Å². The minimum absolute atomic E-state index is 0.593. The molecule has 6 heteroatoms. The molecule has 0 aromatic rings. The highest BCUT2D eigenvalue weighted by molar-refractivity contribution is 7.86. The van der Waals surface area contributed by atoms with Crippen LogP contribution in [0, 0.1) is 11.8 Å². The Morgan fingerprint density at radius 2 is 1.79 bits per heavy atom. The lowest BCUT2D eigenvalue weighted by Crippen LogP contribution is -2.48. The molecule has 0 unspecified atom stereocenters. The molecule has 1 saturated carbocycles. The zero-order valence-corrected chi connectivity index (χ0v) is 13.0. The van der Waals surface area contributed by atoms with E-state index in [2.05, 4.69) is 5.32 Å². The van der Waals surface area contributed by atoms with Gasteiger partial charge in [0.2, 0.25) is 0 Å². The van der Waals surface area contributed by atoms with E-state index in [0.29, 0.717) is 31.5 Å². The highest BCUT2D eigenvalue weighted by Crippen LogP contribution is 2.31. The summed E-state index contributed by atoms with van der Waals surface area (Å²) in [6.45, 7) is 5.59. The van der Waals surface area contributed by atoms with Crippen LogP contribution in [0.3, 0.4) is 0 Å². The zero-order chi connectivity index (χ0) is 13.9. The molecule has 1 saturated heterocycles. The number of piperidine rings is 1. The highest BCUT2D eigenvalue weighted by Gasteiger charge is 2.35. The Morgan fingerprint density at radius 3 is 2.26 bits per heavy atom. The van der Waals surface area contributed by atoms with E-state index in [1.165, 1.54) is 12.8 Å². The van der Waals surface area contributed by atoms with E-state index in [-0.39, 0.29) is 0 Å². The number of rotatable bonds is 7. The van der Waals surface area contributed by atoms with Gasteiger partial charge in [0.1, 0.15) is 0 Å². The largest absolute Gasteiger partial charge is 0.319 e. The quantitative estimate of drug-likeness (QED) is 0.757. The van der Waals surface area contributed by atoms with E-state index in [0.717, 1.165) is 25.9 Å². The molecule has 0 amide bonds. The van der Waals surface area contributed by atoms with Crippen LogP contribution >= 0.6 is 0 Å². The van der Waals surface area contributed by atoms with Crippen LogP contribution in [0.5, 0.6) is 0 Å². The molecule has 1 heterocycles. The predicted molar refractivity (Wildman–Crippen MR) is 77.1 cm³/mol. The second-order valence-corrected chi connectivity index (χ2v) is 7.73. The minimum atomic E-state index is -3.22. The monoisotopic (exact) mass is 289 g/mol. The minimum Gasteiger partial charge on any atom is -0.319 e. The zero-order valence-electron chi connectivity index (χ0n) is 12.1. The average molecular weight is 289 g/mol. The molecule has 2 fully saturated rings. The molecular weight excluding hydrogens is 262 g/mol. The van der Waals surface area contributed by atoms with Gasteiger partial charge in [-0.3, -0.25) is 0 Å². The summed E-state index contributed by atoms with van der Waals surface area (Å²) in [4.78, 5) is 0. The first-order chi connectivity index (χ1) is 9.07. The number of nitrogens with one attached hydrogen (secondary N) is 1. The number of hydrogen-bond donors (Lipinski definition) is 1. The van der Waals surface area contributed by atoms with Gasteiger partial charge in [0.25, 0.3) is 10.2 Å². The van der Waals surface area contributed by atoms with Crippen LogP contribution in [0.25, 0.3) is 0 Å². The van der Waals surface area contributed by atoms with Crippen molar-refractivity contribution in [3.8, 4) is 0 Å². The molecule has 1 aliphatic heterocycles. The maximum atomic E-state index is 12.6. The second-order valence-electron chi connectivity index (χ2n) is 5.80. The van der Waals surface area contributed by atoms with Gasteiger partial charge in [-0.25, -0.2) is 0 Å². The van der Waals surface area contributed by atoms with Crippen LogP contribution in [0.4, 0.5) is 0 Å². The first-order valence-electron chi connectivity index (χ1n) is 7.47. The Bertz CT molecular complexity index is 373. The molecule has 1 aliphatic carbocycles. The molecule has 19 heavy (non-hydrogen) atoms. The van der Waals surface area contributed by atoms with Crippen LogP contribution in [0.2, 0.25) is 0 Å². The molecule has 0 aromatic heterocycles. The third kappa shape index (κ3) is 3.90. The van der Waals surface area contributed by atoms with E-state index in [1.807, 2.05) is 14.0 Å². The molecule has 0 bridgehead atoms. The molecule has 5 nitrogen and oxygen atoms in total. The molecule has 112 valence electrons. The third-order valence-electron chi connectivity index (χ3n) is 4.23. The van der Waals surface area contributed by atoms with Crippen LogP contribution < -0.4 is 5.32 Å². The van der Waals surface area contributed by atoms with E-state index >= 15 is 0 Å². The van der Waals surface area contributed by atoms with Crippen LogP contribution in [-0.4, -0.2) is 56.8 Å². The van der Waals surface area contributed by atoms with Crippen molar-refractivity contribution in [3.63, 3.8) is 0 Å². The van der Waals surface area contributed by atoms with Crippen molar-refractivity contribution in [3.05, 3.63) is 0 Å². The van der Waals surface area contributed by atoms with Gasteiger partial charge in [-0.05, 0) is 51.1 Å². The topological polar surface area (TPSA) is 52.7 Å². The molecule has 1 N–H and O–H groups in total. The fourth-order valence-electron chi connectivity index (χ4n) is 2.77. The van der Waals surface area contributed by atoms with Gasteiger partial charge in [-0.1, -0.05) is 6.92 Å². The van der Waals surface area contributed by atoms with Crippen molar-refractivity contribution < 1.29 is 8.42 Å². The van der Waals surface area contributed by atoms with Gasteiger partial charge in [-0.2, -0.15) is 17.0 Å². The number of hydrogen-bond acceptors (Lipinski definition) is 3. The third-order valence-corrected chi connectivity index (χ3v) is 6.31. The van der Waals surface area contributed by atoms with Gasteiger partial charge in [0.15, 0.2) is 0 Å². The Morgan fingerprint density at radius 1 is 1.16 bits per heavy atom. The van der Waals surface area contributed by atoms with Crippen LogP contribution in [0.15, 0.2) is 0 Å². The van der Waals surface area contributed by atoms with E-state index in [4.69, 9.17) is 0 Å². The van der Waals surface area contributed by atoms with Gasteiger partial charge >= 0.3 is 0 Å². The summed E-state index contributed by atoms with van der Waals surface area (Å²) in [6.07, 6.45) is 4.33. The fraction of sp³-hybridized carbons (Fsp3) is 1.00. The summed E-state index contributed by atoms with van der Waals surface area (Å²) in [7, 11) is -1.27. The molecule has 0 aromatic carbocycles. The highest BCUT2D eigenvalue weighted by atomic mass is 32.2. The van der Waals surface area contributed by atoms with Crippen LogP contribution in [0.1, 0.15) is 32.6 Å². The standard InChI is InChI=1S/C13H27N3O2S/c1-3-15(11-13-4-5-13)19(17,18)16-8-6-12(7-9-16)10-14-2/h12-14H,3-11H2,1-2H3. The van der Waals surface area contributed by atoms with Crippen molar-refractivity contribution in [2.45, 2.75) is 32.6 Å². The van der Waals surface area contributed by atoms with Crippen molar-refractivity contribution >= 4 is 10.2 Å². The summed E-state index contributed by atoms with van der Waals surface area (Å²) < 4.78 is 28.5. The van der Waals surface area contributed by atoms with Gasteiger partial charge in [0, 0.05) is 26.2 Å². The SMILES string of the molecule is CCN(CC1CC1)S(=O)(=O)N1CCC(CNC)CC1. The van der Waals surface area contributed by atoms with E-state index in [1.54, 1.807) is 8.61 Å². The first kappa shape index (κ1) is 15.2. The maximum Gasteiger partial charge on any atom is 0.281 e. The Hall–Kier alpha value is -0.170. The molecular formula is C13H27N3O2S. The van der Waals surface area contributed by atoms with Crippen molar-refractivity contribution in [2.75, 3.05) is 39.8 Å². The summed E-state index contributed by atoms with van der Waals surface area (Å²) in [5.41, 5.74) is 0. The lowest BCUT2D eigenvalue weighted by molar-refractivity contribution is 0.251. The average Bonchev–Trinajstić information content (AvgIpc) is 3.21. The maximum absolute atomic E-state index is 12.6. The van der Waals surface area contributed by atoms with Gasteiger partial charge in [-0.15, -0.1) is 0 Å². The predicted octanol–water partition coefficient (Wildman–Crippen LogP) is 0.895. The van der Waals surface area contributed by atoms with Crippen molar-refractivity contribution in [1.29, 1.82) is 0 Å². The van der Waals surface area contributed by atoms with E-state index < -0.39 is 10.2 Å². The Balaban J connectivity index is 1.91. The van der Waals surface area contributed by atoms with Gasteiger partial charge in [0.05, 0.1) is 0 Å². The lowest BCUT2D eigenvalue weighted by atomic mass is 9.98. The molecule has 0 radical (unpaired) electrons. The molecule has 0 spiro atoms. The lowest BCUT2D eigenvalue weighted by Gasteiger charge is -2.34. The fourth-order valence-corrected chi connectivity index (χ4v) is 4.50. The summed E-state index contributed by atoms with van der Waals surface area (Å²) in [6, 6.07) is 0. The van der Waals surface area contributed by atoms with Crippen LogP contribution in [-0.2, 0) is 10.2 Å². The molecule has 2 aliphatic rings. The molecule has 0 atom stereocenters. The smallest absolute Gasteiger partial charge is 0.281 e. The first-order valence-corrected chi connectivity index (χ1v) is 8.87. The number of nitrogens with zero attached hydrogens (tertiary/aromatic N) is 2. The van der Waals surface area contributed by atoms with Crippen molar-refractivity contribution in [1.82, 2.24) is 13.9 Å². The second kappa shape index (κ2) is 6.52. The van der Waals surface area contributed by atoms with E-state index in [9.17, 15) is 8.42 Å². The molecule has 2 rings (SSSR count). The summed E-state index contributed by atoms with van der Waals surface area (Å²) >= 11 is 0.